The van der Waals surface area contributed by atoms with Gasteiger partial charge in [0.25, 0.3) is 0 Å². The zero-order valence-electron chi connectivity index (χ0n) is 9.15. The number of fused-ring (bicyclic) bond motifs is 1. The molecule has 2 aromatic rings. The van der Waals surface area contributed by atoms with Crippen LogP contribution in [0.1, 0.15) is 22.7 Å². The van der Waals surface area contributed by atoms with Gasteiger partial charge in [-0.3, -0.25) is 0 Å². The normalized spacial score (nSPS) is 18.1. The van der Waals surface area contributed by atoms with Crippen LogP contribution in [0, 0.1) is 5.82 Å². The van der Waals surface area contributed by atoms with Crippen molar-refractivity contribution >= 4 is 0 Å². The molecule has 3 rings (SSSR count). The van der Waals surface area contributed by atoms with E-state index in [-0.39, 0.29) is 17.6 Å². The van der Waals surface area contributed by atoms with E-state index in [1.807, 2.05) is 12.1 Å². The molecule has 0 aliphatic carbocycles. The standard InChI is InChI=1S/C14H12FNO/c15-11-3-1-2-9(6-11)14-13-5-4-12(17)7-10(13)8-16-14/h1-7,14,16-17H,8H2. The lowest BCUT2D eigenvalue weighted by atomic mass is 9.98. The number of aromatic hydroxyl groups is 1. The van der Waals surface area contributed by atoms with Gasteiger partial charge in [-0.15, -0.1) is 0 Å². The van der Waals surface area contributed by atoms with Crippen LogP contribution in [0.15, 0.2) is 42.5 Å². The summed E-state index contributed by atoms with van der Waals surface area (Å²) in [6.45, 7) is 0.699. The summed E-state index contributed by atoms with van der Waals surface area (Å²) in [5.74, 6) is 0.0435. The van der Waals surface area contributed by atoms with E-state index in [1.54, 1.807) is 24.3 Å². The Labute approximate surface area is 98.7 Å². The molecule has 0 bridgehead atoms. The van der Waals surface area contributed by atoms with Crippen LogP contribution < -0.4 is 5.32 Å². The first-order valence-electron chi connectivity index (χ1n) is 5.55. The molecule has 1 aliphatic heterocycles. The molecule has 0 spiro atoms. The Morgan fingerprint density at radius 2 is 2.06 bits per heavy atom. The van der Waals surface area contributed by atoms with Gasteiger partial charge in [0.05, 0.1) is 6.04 Å². The van der Waals surface area contributed by atoms with Crippen molar-refractivity contribution < 1.29 is 9.50 Å². The van der Waals surface area contributed by atoms with Gasteiger partial charge in [-0.25, -0.2) is 4.39 Å². The highest BCUT2D eigenvalue weighted by molar-refractivity contribution is 5.44. The maximum absolute atomic E-state index is 13.2. The van der Waals surface area contributed by atoms with E-state index >= 15 is 0 Å². The van der Waals surface area contributed by atoms with Gasteiger partial charge in [-0.05, 0) is 41.0 Å². The van der Waals surface area contributed by atoms with Gasteiger partial charge in [0, 0.05) is 6.54 Å². The van der Waals surface area contributed by atoms with Gasteiger partial charge in [0.1, 0.15) is 11.6 Å². The van der Waals surface area contributed by atoms with Crippen LogP contribution in [0.2, 0.25) is 0 Å². The zero-order valence-corrected chi connectivity index (χ0v) is 9.15. The third-order valence-corrected chi connectivity index (χ3v) is 3.12. The molecule has 0 saturated carbocycles. The first kappa shape index (κ1) is 10.3. The summed E-state index contributed by atoms with van der Waals surface area (Å²) >= 11 is 0. The summed E-state index contributed by atoms with van der Waals surface area (Å²) in [6.07, 6.45) is 0. The molecule has 1 unspecified atom stereocenters. The summed E-state index contributed by atoms with van der Waals surface area (Å²) in [5.41, 5.74) is 3.09. The minimum atomic E-state index is -0.225. The first-order valence-corrected chi connectivity index (χ1v) is 5.55. The molecular formula is C14H12FNO. The molecule has 1 heterocycles. The van der Waals surface area contributed by atoms with Crippen molar-refractivity contribution in [2.45, 2.75) is 12.6 Å². The summed E-state index contributed by atoms with van der Waals surface area (Å²) < 4.78 is 13.2. The largest absolute Gasteiger partial charge is 0.508 e. The van der Waals surface area contributed by atoms with E-state index in [0.717, 1.165) is 16.7 Å². The van der Waals surface area contributed by atoms with E-state index < -0.39 is 0 Å². The van der Waals surface area contributed by atoms with Crippen molar-refractivity contribution in [3.63, 3.8) is 0 Å². The number of halogens is 1. The Morgan fingerprint density at radius 3 is 2.88 bits per heavy atom. The highest BCUT2D eigenvalue weighted by Gasteiger charge is 2.23. The predicted octanol–water partition coefficient (Wildman–Crippen LogP) is 2.72. The van der Waals surface area contributed by atoms with E-state index in [2.05, 4.69) is 5.32 Å². The van der Waals surface area contributed by atoms with Crippen molar-refractivity contribution in [1.29, 1.82) is 0 Å². The summed E-state index contributed by atoms with van der Waals surface area (Å²) in [4.78, 5) is 0. The molecule has 2 aromatic carbocycles. The molecule has 0 fully saturated rings. The lowest BCUT2D eigenvalue weighted by Crippen LogP contribution is -2.13. The molecule has 17 heavy (non-hydrogen) atoms. The molecule has 86 valence electrons. The Bertz CT molecular complexity index is 568. The fraction of sp³-hybridized carbons (Fsp3) is 0.143. The molecule has 0 saturated heterocycles. The van der Waals surface area contributed by atoms with Crippen molar-refractivity contribution in [3.8, 4) is 5.75 Å². The number of phenolic OH excluding ortho intramolecular Hbond substituents is 1. The third kappa shape index (κ3) is 1.78. The SMILES string of the molecule is Oc1ccc2c(c1)CNC2c1cccc(F)c1. The lowest BCUT2D eigenvalue weighted by molar-refractivity contribution is 0.474. The molecule has 2 N–H and O–H groups in total. The second-order valence-electron chi connectivity index (χ2n) is 4.25. The average Bonchev–Trinajstić information content (AvgIpc) is 2.71. The van der Waals surface area contributed by atoms with Crippen LogP contribution in [0.3, 0.4) is 0 Å². The first-order chi connectivity index (χ1) is 8.24. The van der Waals surface area contributed by atoms with Crippen LogP contribution >= 0.6 is 0 Å². The number of rotatable bonds is 1. The highest BCUT2D eigenvalue weighted by Crippen LogP contribution is 2.32. The Balaban J connectivity index is 2.04. The van der Waals surface area contributed by atoms with E-state index in [9.17, 15) is 9.50 Å². The number of hydrogen-bond donors (Lipinski definition) is 2. The van der Waals surface area contributed by atoms with Crippen molar-refractivity contribution in [2.24, 2.45) is 0 Å². The van der Waals surface area contributed by atoms with Crippen LogP contribution in [0.4, 0.5) is 4.39 Å². The van der Waals surface area contributed by atoms with Crippen LogP contribution in [0.5, 0.6) is 5.75 Å². The van der Waals surface area contributed by atoms with Crippen LogP contribution in [0.25, 0.3) is 0 Å². The molecule has 3 heteroatoms. The molecule has 0 aromatic heterocycles. The molecular weight excluding hydrogens is 217 g/mol. The third-order valence-electron chi connectivity index (χ3n) is 3.12. The second-order valence-corrected chi connectivity index (χ2v) is 4.25. The second kappa shape index (κ2) is 3.86. The van der Waals surface area contributed by atoms with Gasteiger partial charge >= 0.3 is 0 Å². The molecule has 0 radical (unpaired) electrons. The Morgan fingerprint density at radius 1 is 1.18 bits per heavy atom. The summed E-state index contributed by atoms with van der Waals surface area (Å²) in [6, 6.07) is 11.9. The number of benzene rings is 2. The summed E-state index contributed by atoms with van der Waals surface area (Å²) in [5, 5.41) is 12.7. The smallest absolute Gasteiger partial charge is 0.123 e. The highest BCUT2D eigenvalue weighted by atomic mass is 19.1. The minimum Gasteiger partial charge on any atom is -0.508 e. The van der Waals surface area contributed by atoms with Gasteiger partial charge in [-0.1, -0.05) is 18.2 Å². The van der Waals surface area contributed by atoms with Gasteiger partial charge in [0.2, 0.25) is 0 Å². The molecule has 1 aliphatic rings. The summed E-state index contributed by atoms with van der Waals surface area (Å²) in [7, 11) is 0. The van der Waals surface area contributed by atoms with E-state index in [1.165, 1.54) is 6.07 Å². The number of nitrogens with one attached hydrogen (secondary N) is 1. The Kier molecular flexibility index (Phi) is 2.34. The number of phenols is 1. The Hall–Kier alpha value is -1.87. The molecule has 2 nitrogen and oxygen atoms in total. The molecule has 0 amide bonds. The van der Waals surface area contributed by atoms with Gasteiger partial charge < -0.3 is 10.4 Å². The van der Waals surface area contributed by atoms with E-state index in [4.69, 9.17) is 0 Å². The maximum Gasteiger partial charge on any atom is 0.123 e. The van der Waals surface area contributed by atoms with Crippen molar-refractivity contribution in [3.05, 3.63) is 65.0 Å². The monoisotopic (exact) mass is 229 g/mol. The van der Waals surface area contributed by atoms with E-state index in [0.29, 0.717) is 6.54 Å². The maximum atomic E-state index is 13.2. The van der Waals surface area contributed by atoms with Crippen molar-refractivity contribution in [2.75, 3.05) is 0 Å². The zero-order chi connectivity index (χ0) is 11.8. The van der Waals surface area contributed by atoms with Gasteiger partial charge in [-0.2, -0.15) is 0 Å². The van der Waals surface area contributed by atoms with Crippen LogP contribution in [-0.4, -0.2) is 5.11 Å². The molecule has 1 atom stereocenters. The van der Waals surface area contributed by atoms with Crippen LogP contribution in [-0.2, 0) is 6.54 Å². The lowest BCUT2D eigenvalue weighted by Gasteiger charge is -2.12. The average molecular weight is 229 g/mol. The number of hydrogen-bond acceptors (Lipinski definition) is 2. The van der Waals surface area contributed by atoms with Crippen molar-refractivity contribution in [1.82, 2.24) is 5.32 Å². The predicted molar refractivity (Wildman–Crippen MR) is 63.2 cm³/mol. The fourth-order valence-electron chi connectivity index (χ4n) is 2.33. The quantitative estimate of drug-likeness (QED) is 0.788. The fourth-order valence-corrected chi connectivity index (χ4v) is 2.33. The topological polar surface area (TPSA) is 32.3 Å². The van der Waals surface area contributed by atoms with Gasteiger partial charge in [0.15, 0.2) is 0 Å². The minimum absolute atomic E-state index is 0.0151.